The monoisotopic (exact) mass is 321 g/mol. The Hall–Kier alpha value is -1.79. The lowest BCUT2D eigenvalue weighted by molar-refractivity contribution is 0.0375. The third kappa shape index (κ3) is 5.73. The molecule has 0 unspecified atom stereocenters. The zero-order chi connectivity index (χ0) is 16.9. The molecule has 23 heavy (non-hydrogen) atoms. The average Bonchev–Trinajstić information content (AvgIpc) is 2.47. The van der Waals surface area contributed by atoms with Gasteiger partial charge in [0.15, 0.2) is 0 Å². The number of nitrogens with two attached hydrogens (primary N) is 1. The number of ether oxygens (including phenoxy) is 2. The second-order valence-corrected chi connectivity index (χ2v) is 6.68. The smallest absolute Gasteiger partial charge is 0.414 e. The van der Waals surface area contributed by atoms with Crippen molar-refractivity contribution in [2.24, 2.45) is 0 Å². The number of amides is 1. The van der Waals surface area contributed by atoms with Gasteiger partial charge in [-0.1, -0.05) is 6.07 Å². The average molecular weight is 321 g/mol. The largest absolute Gasteiger partial charge is 0.443 e. The Labute approximate surface area is 138 Å². The van der Waals surface area contributed by atoms with Crippen molar-refractivity contribution in [3.8, 4) is 0 Å². The molecular weight excluding hydrogens is 294 g/mol. The van der Waals surface area contributed by atoms with Gasteiger partial charge in [0.1, 0.15) is 5.60 Å². The lowest BCUT2D eigenvalue weighted by Gasteiger charge is -2.31. The van der Waals surface area contributed by atoms with Crippen molar-refractivity contribution in [2.45, 2.75) is 26.4 Å². The minimum atomic E-state index is -0.533. The number of morpholine rings is 1. The quantitative estimate of drug-likeness (QED) is 0.862. The third-order valence-corrected chi connectivity index (χ3v) is 3.54. The first kappa shape index (κ1) is 17.6. The number of carbonyl (C=O) groups is 1. The van der Waals surface area contributed by atoms with Crippen molar-refractivity contribution in [1.29, 1.82) is 0 Å². The number of carbonyl (C=O) groups excluding carboxylic acids is 1. The van der Waals surface area contributed by atoms with Gasteiger partial charge in [-0.25, -0.2) is 4.79 Å². The van der Waals surface area contributed by atoms with Crippen LogP contribution in [-0.2, 0) is 9.47 Å². The molecule has 128 valence electrons. The summed E-state index contributed by atoms with van der Waals surface area (Å²) in [4.78, 5) is 16.5. The Bertz CT molecular complexity index is 522. The van der Waals surface area contributed by atoms with Crippen LogP contribution in [0.3, 0.4) is 0 Å². The molecule has 0 bridgehead atoms. The second kappa shape index (κ2) is 7.66. The van der Waals surface area contributed by atoms with E-state index in [2.05, 4.69) is 4.90 Å². The Morgan fingerprint density at radius 1 is 1.35 bits per heavy atom. The van der Waals surface area contributed by atoms with E-state index in [0.717, 1.165) is 38.5 Å². The summed E-state index contributed by atoms with van der Waals surface area (Å²) in [5.41, 5.74) is 6.71. The second-order valence-electron chi connectivity index (χ2n) is 6.68. The molecule has 0 radical (unpaired) electrons. The number of anilines is 2. The van der Waals surface area contributed by atoms with E-state index in [0.29, 0.717) is 12.2 Å². The molecule has 1 aromatic carbocycles. The fourth-order valence-electron chi connectivity index (χ4n) is 2.40. The van der Waals surface area contributed by atoms with E-state index in [-0.39, 0.29) is 6.09 Å². The maximum absolute atomic E-state index is 12.6. The van der Waals surface area contributed by atoms with Gasteiger partial charge in [0, 0.05) is 37.6 Å². The summed E-state index contributed by atoms with van der Waals surface area (Å²) in [6, 6.07) is 7.32. The van der Waals surface area contributed by atoms with E-state index in [1.807, 2.05) is 32.9 Å². The van der Waals surface area contributed by atoms with Crippen LogP contribution < -0.4 is 10.6 Å². The van der Waals surface area contributed by atoms with Crippen LogP contribution in [0.5, 0.6) is 0 Å². The zero-order valence-electron chi connectivity index (χ0n) is 14.2. The van der Waals surface area contributed by atoms with Crippen molar-refractivity contribution in [1.82, 2.24) is 4.90 Å². The van der Waals surface area contributed by atoms with Gasteiger partial charge in [-0.05, 0) is 39.0 Å². The van der Waals surface area contributed by atoms with Gasteiger partial charge in [-0.2, -0.15) is 0 Å². The van der Waals surface area contributed by atoms with E-state index in [1.165, 1.54) is 0 Å². The summed E-state index contributed by atoms with van der Waals surface area (Å²) in [5.74, 6) is 0. The first-order valence-electron chi connectivity index (χ1n) is 8.01. The van der Waals surface area contributed by atoms with Gasteiger partial charge in [0.05, 0.1) is 13.2 Å². The Kier molecular flexibility index (Phi) is 5.85. The molecule has 1 aromatic rings. The molecule has 1 amide bonds. The normalized spacial score (nSPS) is 16.1. The molecule has 0 aliphatic carbocycles. The van der Waals surface area contributed by atoms with Gasteiger partial charge < -0.3 is 15.2 Å². The standard InChI is InChI=1S/C17H27N3O3/c1-17(2,3)23-16(21)20(15-6-4-5-14(18)13-15)8-7-19-9-11-22-12-10-19/h4-6,13H,7-12,18H2,1-3H3. The van der Waals surface area contributed by atoms with Crippen LogP contribution in [0.4, 0.5) is 16.2 Å². The topological polar surface area (TPSA) is 68.0 Å². The van der Waals surface area contributed by atoms with Gasteiger partial charge in [-0.3, -0.25) is 9.80 Å². The van der Waals surface area contributed by atoms with Gasteiger partial charge >= 0.3 is 6.09 Å². The Morgan fingerprint density at radius 2 is 2.04 bits per heavy atom. The molecule has 1 aliphatic rings. The highest BCUT2D eigenvalue weighted by Crippen LogP contribution is 2.20. The number of nitrogens with zero attached hydrogens (tertiary/aromatic N) is 2. The van der Waals surface area contributed by atoms with E-state index in [1.54, 1.807) is 17.0 Å². The fraction of sp³-hybridized carbons (Fsp3) is 0.588. The number of rotatable bonds is 4. The maximum Gasteiger partial charge on any atom is 0.414 e. The summed E-state index contributed by atoms with van der Waals surface area (Å²) >= 11 is 0. The number of hydrogen-bond donors (Lipinski definition) is 1. The highest BCUT2D eigenvalue weighted by molar-refractivity contribution is 5.88. The summed E-state index contributed by atoms with van der Waals surface area (Å²) < 4.78 is 10.9. The minimum Gasteiger partial charge on any atom is -0.443 e. The van der Waals surface area contributed by atoms with Crippen molar-refractivity contribution in [2.75, 3.05) is 50.0 Å². The van der Waals surface area contributed by atoms with Crippen LogP contribution in [0, 0.1) is 0 Å². The van der Waals surface area contributed by atoms with Crippen molar-refractivity contribution < 1.29 is 14.3 Å². The molecule has 0 saturated carbocycles. The molecule has 1 heterocycles. The van der Waals surface area contributed by atoms with Gasteiger partial charge in [0.2, 0.25) is 0 Å². The lowest BCUT2D eigenvalue weighted by Crippen LogP contribution is -2.44. The van der Waals surface area contributed by atoms with E-state index < -0.39 is 5.60 Å². The Balaban J connectivity index is 2.08. The molecule has 0 spiro atoms. The number of hydrogen-bond acceptors (Lipinski definition) is 5. The van der Waals surface area contributed by atoms with Gasteiger partial charge in [0.25, 0.3) is 0 Å². The highest BCUT2D eigenvalue weighted by Gasteiger charge is 2.24. The molecule has 1 aliphatic heterocycles. The predicted molar refractivity (Wildman–Crippen MR) is 91.7 cm³/mol. The molecule has 1 saturated heterocycles. The Morgan fingerprint density at radius 3 is 2.65 bits per heavy atom. The molecule has 2 N–H and O–H groups in total. The van der Waals surface area contributed by atoms with E-state index >= 15 is 0 Å². The van der Waals surface area contributed by atoms with Crippen LogP contribution in [0.1, 0.15) is 20.8 Å². The molecule has 0 atom stereocenters. The van der Waals surface area contributed by atoms with Crippen molar-refractivity contribution in [3.63, 3.8) is 0 Å². The van der Waals surface area contributed by atoms with Crippen LogP contribution in [0.25, 0.3) is 0 Å². The molecular formula is C17H27N3O3. The zero-order valence-corrected chi connectivity index (χ0v) is 14.2. The fourth-order valence-corrected chi connectivity index (χ4v) is 2.40. The molecule has 1 fully saturated rings. The first-order valence-corrected chi connectivity index (χ1v) is 8.01. The third-order valence-electron chi connectivity index (χ3n) is 3.54. The summed E-state index contributed by atoms with van der Waals surface area (Å²) in [5, 5.41) is 0. The van der Waals surface area contributed by atoms with Crippen LogP contribution >= 0.6 is 0 Å². The van der Waals surface area contributed by atoms with Crippen molar-refractivity contribution in [3.05, 3.63) is 24.3 Å². The van der Waals surface area contributed by atoms with Crippen LogP contribution in [0.2, 0.25) is 0 Å². The SMILES string of the molecule is CC(C)(C)OC(=O)N(CCN1CCOCC1)c1cccc(N)c1. The molecule has 6 heteroatoms. The highest BCUT2D eigenvalue weighted by atomic mass is 16.6. The first-order chi connectivity index (χ1) is 10.8. The molecule has 0 aromatic heterocycles. The van der Waals surface area contributed by atoms with Crippen molar-refractivity contribution >= 4 is 17.5 Å². The predicted octanol–water partition coefficient (Wildman–Crippen LogP) is 2.34. The van der Waals surface area contributed by atoms with Crippen LogP contribution in [-0.4, -0.2) is 56.0 Å². The number of benzene rings is 1. The molecule has 6 nitrogen and oxygen atoms in total. The van der Waals surface area contributed by atoms with Crippen LogP contribution in [0.15, 0.2) is 24.3 Å². The minimum absolute atomic E-state index is 0.351. The van der Waals surface area contributed by atoms with E-state index in [4.69, 9.17) is 15.2 Å². The summed E-state index contributed by atoms with van der Waals surface area (Å²) in [6.07, 6.45) is -0.351. The van der Waals surface area contributed by atoms with Gasteiger partial charge in [-0.15, -0.1) is 0 Å². The lowest BCUT2D eigenvalue weighted by atomic mass is 10.2. The number of nitrogen functional groups attached to an aromatic ring is 1. The maximum atomic E-state index is 12.6. The molecule has 2 rings (SSSR count). The summed E-state index contributed by atoms with van der Waals surface area (Å²) in [7, 11) is 0. The van der Waals surface area contributed by atoms with E-state index in [9.17, 15) is 4.79 Å². The summed E-state index contributed by atoms with van der Waals surface area (Å²) in [6.45, 7) is 10.2.